The van der Waals surface area contributed by atoms with Crippen LogP contribution in [0.1, 0.15) is 94.4 Å². The molecule has 0 aromatic heterocycles. The minimum atomic E-state index is -1.53. The molecule has 4 amide bonds. The first-order valence-electron chi connectivity index (χ1n) is 27.3. The Morgan fingerprint density at radius 1 is 0.542 bits per heavy atom. The van der Waals surface area contributed by atoms with Crippen LogP contribution in [0.2, 0.25) is 0 Å². The Balaban J connectivity index is 1.36. The number of hydrazine groups is 1. The van der Waals surface area contributed by atoms with Crippen molar-refractivity contribution in [1.29, 1.82) is 0 Å². The SMILES string of the molecule is CC(C)(C)OC(=O)CNC(=O)C(N)CCC(=O)NCCOCCOCN([O-])NC(CCC(=O)NC(CCC(O)OCc1ccccc1)C(=O)OCc1ccccc1)C(=O)NC(CCC(=O)OCc1ccccc1)C(=O)OCc1ccccc1. The van der Waals surface area contributed by atoms with Gasteiger partial charge in [0.25, 0.3) is 0 Å². The first-order valence-corrected chi connectivity index (χ1v) is 27.3. The van der Waals surface area contributed by atoms with Crippen LogP contribution in [0.15, 0.2) is 121 Å². The molecule has 0 radical (unpaired) electrons. The van der Waals surface area contributed by atoms with E-state index in [9.17, 15) is 48.7 Å². The number of carbonyl (C=O) groups is 8. The summed E-state index contributed by atoms with van der Waals surface area (Å²) in [5, 5.41) is 34.4. The largest absolute Gasteiger partial charge is 0.770 e. The number of benzene rings is 4. The average Bonchev–Trinajstić information content (AvgIpc) is 3.49. The van der Waals surface area contributed by atoms with Gasteiger partial charge in [-0.05, 0) is 68.7 Å². The summed E-state index contributed by atoms with van der Waals surface area (Å²) in [6.45, 7) is 3.81. The molecule has 24 nitrogen and oxygen atoms in total. The van der Waals surface area contributed by atoms with E-state index in [0.29, 0.717) is 11.1 Å². The number of nitrogens with zero attached hydrogens (tertiary/aromatic N) is 1. The number of hydrogen-bond donors (Lipinski definition) is 7. The van der Waals surface area contributed by atoms with Crippen molar-refractivity contribution in [3.05, 3.63) is 149 Å². The van der Waals surface area contributed by atoms with Crippen molar-refractivity contribution in [2.75, 3.05) is 39.6 Å². The lowest BCUT2D eigenvalue weighted by Gasteiger charge is -2.33. The summed E-state index contributed by atoms with van der Waals surface area (Å²) in [6, 6.07) is 30.3. The molecule has 0 bridgehead atoms. The summed E-state index contributed by atoms with van der Waals surface area (Å²) in [7, 11) is 0. The third kappa shape index (κ3) is 30.3. The molecular weight excluding hydrogens is 1080 g/mol. The van der Waals surface area contributed by atoms with Gasteiger partial charge in [0.1, 0.15) is 50.8 Å². The molecule has 0 aliphatic rings. The topological polar surface area (TPSA) is 334 Å². The summed E-state index contributed by atoms with van der Waals surface area (Å²) >= 11 is 0. The molecule has 0 spiro atoms. The van der Waals surface area contributed by atoms with Crippen LogP contribution in [-0.4, -0.2) is 133 Å². The van der Waals surface area contributed by atoms with E-state index in [2.05, 4.69) is 26.7 Å². The third-order valence-corrected chi connectivity index (χ3v) is 11.8. The Kier molecular flexibility index (Phi) is 31.2. The van der Waals surface area contributed by atoms with Gasteiger partial charge < -0.3 is 70.5 Å². The van der Waals surface area contributed by atoms with E-state index >= 15 is 0 Å². The number of rotatable bonds is 39. The number of hydrogen-bond acceptors (Lipinski definition) is 20. The quantitative estimate of drug-likeness (QED) is 0.0111. The number of hydroxylamine groups is 1. The second-order valence-electron chi connectivity index (χ2n) is 19.9. The molecule has 24 heteroatoms. The van der Waals surface area contributed by atoms with Crippen molar-refractivity contribution in [3.63, 3.8) is 0 Å². The Labute approximate surface area is 483 Å². The van der Waals surface area contributed by atoms with Crippen molar-refractivity contribution in [2.45, 2.75) is 135 Å². The molecule has 8 N–H and O–H groups in total. The predicted octanol–water partition coefficient (Wildman–Crippen LogP) is 3.41. The number of nitrogens with two attached hydrogens (primary N) is 1. The summed E-state index contributed by atoms with van der Waals surface area (Å²) in [4.78, 5) is 105. The van der Waals surface area contributed by atoms with Gasteiger partial charge in [-0.25, -0.2) is 9.59 Å². The van der Waals surface area contributed by atoms with Gasteiger partial charge in [-0.2, -0.15) is 0 Å². The number of aliphatic hydroxyl groups excluding tert-OH is 1. The molecule has 4 aromatic rings. The summed E-state index contributed by atoms with van der Waals surface area (Å²) in [5.41, 5.74) is 10.5. The van der Waals surface area contributed by atoms with Crippen LogP contribution in [0.25, 0.3) is 0 Å². The summed E-state index contributed by atoms with van der Waals surface area (Å²) in [5.74, 6) is -5.70. The standard InChI is InChI=1S/C59H78N7O17/c1-59(2,3)83-54(71)36-62-55(72)46(60)24-28-50(67)61-32-33-77-34-35-78-41-66(76)65-47(56(73)64-49(58(75)82-40-45-22-14-7-15-23-45)27-31-53(70)80-38-43-18-10-5-11-19-43)25-29-51(68)63-48(57(74)81-39-44-20-12-6-13-21-44)26-30-52(69)79-37-42-16-8-4-9-17-42/h4-23,46-49,52,65,69H,24-41,60H2,1-3H3,(H,61,67)(H,62,72)(H,63,68)(H,64,73)/q-1. The van der Waals surface area contributed by atoms with E-state index in [-0.39, 0.29) is 103 Å². The van der Waals surface area contributed by atoms with Crippen LogP contribution in [0.3, 0.4) is 0 Å². The molecule has 0 aliphatic carbocycles. The fraction of sp³-hybridized carbons (Fsp3) is 0.458. The number of nitrogens with one attached hydrogen (secondary N) is 5. The zero-order chi connectivity index (χ0) is 60.2. The molecule has 4 aromatic carbocycles. The second-order valence-corrected chi connectivity index (χ2v) is 19.9. The Morgan fingerprint density at radius 2 is 1.04 bits per heavy atom. The van der Waals surface area contributed by atoms with Crippen LogP contribution >= 0.6 is 0 Å². The molecule has 5 atom stereocenters. The number of esters is 4. The van der Waals surface area contributed by atoms with Crippen molar-refractivity contribution in [1.82, 2.24) is 31.9 Å². The van der Waals surface area contributed by atoms with Crippen molar-refractivity contribution in [2.24, 2.45) is 5.73 Å². The number of ether oxygens (including phenoxy) is 7. The Hall–Kier alpha value is -7.68. The highest BCUT2D eigenvalue weighted by Gasteiger charge is 2.30. The van der Waals surface area contributed by atoms with E-state index in [1.165, 1.54) is 0 Å². The fourth-order valence-electron chi connectivity index (χ4n) is 7.47. The molecule has 0 saturated heterocycles. The van der Waals surface area contributed by atoms with Gasteiger partial charge in [0, 0.05) is 32.2 Å². The maximum atomic E-state index is 14.2. The van der Waals surface area contributed by atoms with Crippen molar-refractivity contribution >= 4 is 47.5 Å². The summed E-state index contributed by atoms with van der Waals surface area (Å²) in [6.07, 6.45) is -3.03. The van der Waals surface area contributed by atoms with Gasteiger partial charge in [0.15, 0.2) is 6.29 Å². The fourth-order valence-corrected chi connectivity index (χ4v) is 7.47. The Bertz CT molecular complexity index is 2580. The highest BCUT2D eigenvalue weighted by Crippen LogP contribution is 2.14. The van der Waals surface area contributed by atoms with E-state index in [1.54, 1.807) is 106 Å². The first kappa shape index (κ1) is 67.8. The Morgan fingerprint density at radius 3 is 1.59 bits per heavy atom. The highest BCUT2D eigenvalue weighted by atomic mass is 16.6. The normalized spacial score (nSPS) is 13.0. The average molecular weight is 1160 g/mol. The van der Waals surface area contributed by atoms with E-state index in [1.807, 2.05) is 36.4 Å². The maximum absolute atomic E-state index is 14.2. The van der Waals surface area contributed by atoms with Crippen LogP contribution in [0.5, 0.6) is 0 Å². The monoisotopic (exact) mass is 1160 g/mol. The lowest BCUT2D eigenvalue weighted by Crippen LogP contribution is -2.54. The minimum Gasteiger partial charge on any atom is -0.770 e. The van der Waals surface area contributed by atoms with Crippen LogP contribution in [0, 0.1) is 5.21 Å². The lowest BCUT2D eigenvalue weighted by atomic mass is 10.1. The first-order chi connectivity index (χ1) is 39.8. The van der Waals surface area contributed by atoms with Gasteiger partial charge in [-0.1, -0.05) is 121 Å². The highest BCUT2D eigenvalue weighted by molar-refractivity contribution is 5.89. The molecule has 0 aliphatic heterocycles. The number of carbonyl (C=O) groups excluding carboxylic acids is 8. The second kappa shape index (κ2) is 38.2. The lowest BCUT2D eigenvalue weighted by molar-refractivity contribution is -0.154. The van der Waals surface area contributed by atoms with Gasteiger partial charge in [0.05, 0.1) is 38.5 Å². The van der Waals surface area contributed by atoms with Crippen LogP contribution in [0.4, 0.5) is 0 Å². The van der Waals surface area contributed by atoms with E-state index in [4.69, 9.17) is 38.9 Å². The summed E-state index contributed by atoms with van der Waals surface area (Å²) < 4.78 is 38.2. The molecule has 452 valence electrons. The van der Waals surface area contributed by atoms with Crippen LogP contribution < -0.4 is 32.4 Å². The maximum Gasteiger partial charge on any atom is 0.328 e. The molecule has 0 fully saturated rings. The van der Waals surface area contributed by atoms with Crippen LogP contribution in [-0.2, 0) is 97.9 Å². The van der Waals surface area contributed by atoms with Gasteiger partial charge in [-0.15, -0.1) is 0 Å². The molecule has 5 unspecified atom stereocenters. The number of amides is 4. The van der Waals surface area contributed by atoms with Crippen molar-refractivity contribution < 1.29 is 76.6 Å². The molecule has 4 rings (SSSR count). The van der Waals surface area contributed by atoms with E-state index in [0.717, 1.165) is 11.1 Å². The molecule has 83 heavy (non-hydrogen) atoms. The minimum absolute atomic E-state index is 0.00860. The van der Waals surface area contributed by atoms with Gasteiger partial charge >= 0.3 is 23.9 Å². The molecular formula is C59H78N7O17-. The predicted molar refractivity (Wildman–Crippen MR) is 300 cm³/mol. The van der Waals surface area contributed by atoms with E-state index < -0.39 is 103 Å². The smallest absolute Gasteiger partial charge is 0.328 e. The number of aliphatic hydroxyl groups is 1. The van der Waals surface area contributed by atoms with Gasteiger partial charge in [-0.3, -0.25) is 39.4 Å². The van der Waals surface area contributed by atoms with Gasteiger partial charge in [0.2, 0.25) is 23.6 Å². The third-order valence-electron chi connectivity index (χ3n) is 11.8. The molecule has 0 heterocycles. The van der Waals surface area contributed by atoms with Crippen molar-refractivity contribution in [3.8, 4) is 0 Å². The zero-order valence-electron chi connectivity index (χ0n) is 47.2. The molecule has 0 saturated carbocycles. The zero-order valence-corrected chi connectivity index (χ0v) is 47.2.